The number of aromatic hydroxyl groups is 1. The van der Waals surface area contributed by atoms with Gasteiger partial charge in [0.15, 0.2) is 0 Å². The molecule has 8 heteroatoms. The number of allylic oxidation sites excluding steroid dienone is 3. The van der Waals surface area contributed by atoms with E-state index < -0.39 is 5.54 Å². The smallest absolute Gasteiger partial charge is 0.227 e. The molecule has 8 nitrogen and oxygen atoms in total. The summed E-state index contributed by atoms with van der Waals surface area (Å²) >= 11 is 0. The molecular formula is C31H46N4O4. The molecule has 39 heavy (non-hydrogen) atoms. The van der Waals surface area contributed by atoms with Gasteiger partial charge in [-0.05, 0) is 59.7 Å². The second-order valence-corrected chi connectivity index (χ2v) is 11.5. The van der Waals surface area contributed by atoms with Gasteiger partial charge in [0.1, 0.15) is 5.76 Å². The van der Waals surface area contributed by atoms with Crippen molar-refractivity contribution in [3.05, 3.63) is 52.1 Å². The molecule has 0 aromatic carbocycles. The number of aryl methyl sites for hydroxylation is 1. The quantitative estimate of drug-likeness (QED) is 0.313. The summed E-state index contributed by atoms with van der Waals surface area (Å²) in [6, 6.07) is -0.0444. The number of aliphatic hydroxyl groups excluding tert-OH is 1. The van der Waals surface area contributed by atoms with Gasteiger partial charge in [-0.1, -0.05) is 59.1 Å². The van der Waals surface area contributed by atoms with E-state index in [1.807, 2.05) is 39.0 Å². The highest BCUT2D eigenvalue weighted by molar-refractivity contribution is 6.40. The highest BCUT2D eigenvalue weighted by atomic mass is 16.3. The summed E-state index contributed by atoms with van der Waals surface area (Å²) in [5.41, 5.74) is 1.43. The Bertz CT molecular complexity index is 1220. The van der Waals surface area contributed by atoms with E-state index in [-0.39, 0.29) is 52.0 Å². The average molecular weight is 539 g/mol. The Morgan fingerprint density at radius 1 is 1.10 bits per heavy atom. The van der Waals surface area contributed by atoms with E-state index in [1.165, 1.54) is 4.68 Å². The number of nitrogens with one attached hydrogen (secondary N) is 1. The van der Waals surface area contributed by atoms with Crippen LogP contribution in [0.3, 0.4) is 0 Å². The molecule has 1 heterocycles. The van der Waals surface area contributed by atoms with Crippen LogP contribution in [0.25, 0.3) is 5.57 Å². The van der Waals surface area contributed by atoms with Gasteiger partial charge in [0, 0.05) is 23.2 Å². The van der Waals surface area contributed by atoms with Crippen LogP contribution in [0.2, 0.25) is 0 Å². The molecule has 0 bridgehead atoms. The van der Waals surface area contributed by atoms with Gasteiger partial charge in [0.2, 0.25) is 17.6 Å². The number of hydrogen-bond acceptors (Lipinski definition) is 6. The molecule has 2 aliphatic carbocycles. The summed E-state index contributed by atoms with van der Waals surface area (Å²) in [6.07, 6.45) is 10.3. The van der Waals surface area contributed by atoms with Crippen molar-refractivity contribution in [2.24, 2.45) is 5.92 Å². The van der Waals surface area contributed by atoms with Gasteiger partial charge >= 0.3 is 0 Å². The van der Waals surface area contributed by atoms with Crippen LogP contribution in [0.4, 0.5) is 0 Å². The predicted molar refractivity (Wildman–Crippen MR) is 155 cm³/mol. The van der Waals surface area contributed by atoms with Gasteiger partial charge in [0.05, 0.1) is 27.9 Å². The molecule has 0 saturated carbocycles. The van der Waals surface area contributed by atoms with Gasteiger partial charge in [-0.3, -0.25) is 14.5 Å². The van der Waals surface area contributed by atoms with Crippen molar-refractivity contribution < 1.29 is 19.8 Å². The van der Waals surface area contributed by atoms with E-state index in [9.17, 15) is 19.8 Å². The summed E-state index contributed by atoms with van der Waals surface area (Å²) in [5.74, 6) is -0.888. The van der Waals surface area contributed by atoms with Crippen LogP contribution in [0, 0.1) is 12.8 Å². The molecule has 0 aliphatic heterocycles. The van der Waals surface area contributed by atoms with Crippen LogP contribution in [-0.4, -0.2) is 55.7 Å². The first-order valence-corrected chi connectivity index (χ1v) is 14.4. The lowest BCUT2D eigenvalue weighted by molar-refractivity contribution is -0.124. The first-order chi connectivity index (χ1) is 18.4. The van der Waals surface area contributed by atoms with Gasteiger partial charge in [-0.15, -0.1) is 0 Å². The largest absolute Gasteiger partial charge is 0.506 e. The summed E-state index contributed by atoms with van der Waals surface area (Å²) in [7, 11) is 0. The molecule has 2 atom stereocenters. The zero-order valence-corrected chi connectivity index (χ0v) is 24.9. The Kier molecular flexibility index (Phi) is 9.64. The molecular weight excluding hydrogens is 492 g/mol. The van der Waals surface area contributed by atoms with Crippen LogP contribution >= 0.6 is 0 Å². The van der Waals surface area contributed by atoms with E-state index in [0.717, 1.165) is 45.2 Å². The molecule has 0 saturated heterocycles. The average Bonchev–Trinajstić information content (AvgIpc) is 3.18. The minimum atomic E-state index is -0.504. The maximum atomic E-state index is 13.6. The lowest BCUT2D eigenvalue weighted by Crippen LogP contribution is -2.38. The topological polar surface area (TPSA) is 108 Å². The molecule has 0 spiro atoms. The number of carbonyl (C=O) groups is 2. The zero-order chi connectivity index (χ0) is 29.1. The van der Waals surface area contributed by atoms with Crippen molar-refractivity contribution in [2.45, 2.75) is 99.1 Å². The van der Waals surface area contributed by atoms with Crippen molar-refractivity contribution in [1.29, 1.82) is 0 Å². The van der Waals surface area contributed by atoms with Crippen LogP contribution < -0.4 is 5.32 Å². The van der Waals surface area contributed by atoms with Crippen molar-refractivity contribution in [2.75, 3.05) is 13.1 Å². The third-order valence-electron chi connectivity index (χ3n) is 7.61. The first-order valence-electron chi connectivity index (χ1n) is 14.4. The molecule has 3 rings (SSSR count). The number of aromatic nitrogens is 2. The number of hydrogen-bond donors (Lipinski definition) is 3. The van der Waals surface area contributed by atoms with Crippen LogP contribution in [-0.2, 0) is 15.1 Å². The second-order valence-electron chi connectivity index (χ2n) is 11.5. The van der Waals surface area contributed by atoms with Crippen LogP contribution in [0.1, 0.15) is 91.8 Å². The molecule has 1 amide bonds. The predicted octanol–water partition coefficient (Wildman–Crippen LogP) is 5.69. The van der Waals surface area contributed by atoms with E-state index in [0.29, 0.717) is 17.0 Å². The fraction of sp³-hybridized carbons (Fsp3) is 0.581. The van der Waals surface area contributed by atoms with Crippen molar-refractivity contribution in [1.82, 2.24) is 20.0 Å². The van der Waals surface area contributed by atoms with Crippen molar-refractivity contribution >= 4 is 17.3 Å². The second kappa shape index (κ2) is 12.4. The maximum absolute atomic E-state index is 13.6. The van der Waals surface area contributed by atoms with Crippen molar-refractivity contribution in [3.8, 4) is 5.88 Å². The zero-order valence-electron chi connectivity index (χ0n) is 24.9. The Morgan fingerprint density at radius 3 is 2.28 bits per heavy atom. The fourth-order valence-electron chi connectivity index (χ4n) is 5.40. The molecule has 0 radical (unpaired) electrons. The van der Waals surface area contributed by atoms with E-state index in [4.69, 9.17) is 0 Å². The highest BCUT2D eigenvalue weighted by Gasteiger charge is 2.42. The number of nitrogens with zero attached hydrogens (tertiary/aromatic N) is 3. The van der Waals surface area contributed by atoms with Gasteiger partial charge < -0.3 is 15.5 Å². The van der Waals surface area contributed by atoms with E-state index in [2.05, 4.69) is 43.0 Å². The van der Waals surface area contributed by atoms with Crippen LogP contribution in [0.5, 0.6) is 5.88 Å². The highest BCUT2D eigenvalue weighted by Crippen LogP contribution is 2.45. The Hall–Kier alpha value is -3.13. The number of ketones is 1. The molecule has 214 valence electrons. The van der Waals surface area contributed by atoms with Gasteiger partial charge in [0.25, 0.3) is 0 Å². The fourth-order valence-corrected chi connectivity index (χ4v) is 5.40. The lowest BCUT2D eigenvalue weighted by Gasteiger charge is -2.31. The summed E-state index contributed by atoms with van der Waals surface area (Å²) in [6.45, 7) is 17.4. The Labute approximate surface area is 233 Å². The number of amides is 1. The molecule has 3 N–H and O–H groups in total. The third-order valence-corrected chi connectivity index (χ3v) is 7.61. The Balaban J connectivity index is 2.08. The molecule has 1 aromatic heterocycles. The number of Topliss-reactive ketones (excluding diaryl/α,β-unsaturated/α-hetero) is 1. The summed E-state index contributed by atoms with van der Waals surface area (Å²) in [4.78, 5) is 29.2. The minimum Gasteiger partial charge on any atom is -0.506 e. The number of rotatable bonds is 11. The van der Waals surface area contributed by atoms with Gasteiger partial charge in [-0.25, -0.2) is 4.68 Å². The number of unbranched alkanes of at least 4 members (excludes halogenated alkanes) is 1. The standard InChI is InChI=1S/C31H46N4O4/c1-9-13-15-20(14-10-2)29(38)32-23-18-21(34(11-3)12-4)16-17-22(23)25-27(36)26(28(25)37)24-19(5)33-35(30(24)39)31(6,7)8/h16-18,20-21,36,39H,9-15H2,1-8H3,(H,32,38)/b25-22+/t20-,21?/m1/s1. The van der Waals surface area contributed by atoms with E-state index >= 15 is 0 Å². The molecule has 1 aromatic rings. The van der Waals surface area contributed by atoms with Crippen LogP contribution in [0.15, 0.2) is 40.8 Å². The molecule has 0 fully saturated rings. The summed E-state index contributed by atoms with van der Waals surface area (Å²) in [5, 5.41) is 29.7. The monoisotopic (exact) mass is 538 g/mol. The number of carbonyl (C=O) groups excluding carboxylic acids is 2. The van der Waals surface area contributed by atoms with Gasteiger partial charge in [-0.2, -0.15) is 5.10 Å². The molecule has 1 unspecified atom stereocenters. The number of likely N-dealkylation sites (N-methyl/N-ethyl adjacent to an activating group) is 1. The van der Waals surface area contributed by atoms with Crippen molar-refractivity contribution in [3.63, 3.8) is 0 Å². The molecule has 2 aliphatic rings. The maximum Gasteiger partial charge on any atom is 0.227 e. The lowest BCUT2D eigenvalue weighted by atomic mass is 9.79. The number of aliphatic hydroxyl groups is 1. The SMILES string of the molecule is CCCC[C@@H](CCC)C(=O)NC1=CC(N(CC)CC)C=C/C1=C1\C(=O)C(c2c(C)nn(C(C)(C)C)c2O)=C1O. The van der Waals surface area contributed by atoms with E-state index in [1.54, 1.807) is 6.92 Å². The summed E-state index contributed by atoms with van der Waals surface area (Å²) < 4.78 is 1.46. The Morgan fingerprint density at radius 2 is 1.77 bits per heavy atom. The third kappa shape index (κ3) is 6.06. The first kappa shape index (κ1) is 30.4. The normalized spacial score (nSPS) is 20.4. The minimum absolute atomic E-state index is 0.0444.